The van der Waals surface area contributed by atoms with Crippen molar-refractivity contribution in [1.82, 2.24) is 14.7 Å². The lowest BCUT2D eigenvalue weighted by atomic mass is 10.3. The number of aromatic nitrogens is 2. The molecule has 1 heterocycles. The third-order valence-electron chi connectivity index (χ3n) is 2.90. The summed E-state index contributed by atoms with van der Waals surface area (Å²) in [6, 6.07) is 2.17. The summed E-state index contributed by atoms with van der Waals surface area (Å²) in [6.45, 7) is 7.09. The summed E-state index contributed by atoms with van der Waals surface area (Å²) in [7, 11) is 2.00. The lowest BCUT2D eigenvalue weighted by Crippen LogP contribution is -2.28. The van der Waals surface area contributed by atoms with Crippen LogP contribution in [0.5, 0.6) is 0 Å². The second kappa shape index (κ2) is 6.71. The molecule has 0 aromatic carbocycles. The molecule has 0 bridgehead atoms. The first-order valence-electron chi connectivity index (χ1n) is 6.09. The van der Waals surface area contributed by atoms with Gasteiger partial charge in [0.2, 0.25) is 0 Å². The van der Waals surface area contributed by atoms with Crippen molar-refractivity contribution < 1.29 is 0 Å². The normalized spacial score (nSPS) is 11.1. The van der Waals surface area contributed by atoms with Crippen LogP contribution in [-0.2, 0) is 20.0 Å². The largest absolute Gasteiger partial charge is 0.393 e. The van der Waals surface area contributed by atoms with Gasteiger partial charge in [0.1, 0.15) is 0 Å². The first-order valence-corrected chi connectivity index (χ1v) is 6.50. The van der Waals surface area contributed by atoms with Crippen LogP contribution < -0.4 is 5.73 Å². The van der Waals surface area contributed by atoms with Gasteiger partial charge in [0.05, 0.1) is 16.4 Å². The SMILES string of the molecule is CCc1cc(CN(CC)CCC(N)=S)n(C)n1. The summed E-state index contributed by atoms with van der Waals surface area (Å²) in [5.74, 6) is 0. The van der Waals surface area contributed by atoms with Crippen LogP contribution in [0, 0.1) is 0 Å². The number of hydrogen-bond donors (Lipinski definition) is 1. The summed E-state index contributed by atoms with van der Waals surface area (Å²) in [5, 5.41) is 4.45. The molecule has 1 aromatic heterocycles. The zero-order chi connectivity index (χ0) is 12.8. The van der Waals surface area contributed by atoms with Gasteiger partial charge in [0, 0.05) is 26.6 Å². The molecule has 1 rings (SSSR count). The Morgan fingerprint density at radius 1 is 1.53 bits per heavy atom. The fraction of sp³-hybridized carbons (Fsp3) is 0.667. The van der Waals surface area contributed by atoms with Crippen LogP contribution >= 0.6 is 12.2 Å². The number of nitrogens with two attached hydrogens (primary N) is 1. The van der Waals surface area contributed by atoms with Crippen molar-refractivity contribution in [3.05, 3.63) is 17.5 Å². The van der Waals surface area contributed by atoms with Crippen molar-refractivity contribution in [2.24, 2.45) is 12.8 Å². The minimum Gasteiger partial charge on any atom is -0.393 e. The van der Waals surface area contributed by atoms with Crippen LogP contribution in [0.4, 0.5) is 0 Å². The Balaban J connectivity index is 2.60. The molecule has 0 unspecified atom stereocenters. The van der Waals surface area contributed by atoms with Crippen LogP contribution in [0.15, 0.2) is 6.07 Å². The zero-order valence-corrected chi connectivity index (χ0v) is 11.8. The fourth-order valence-corrected chi connectivity index (χ4v) is 1.83. The molecule has 0 fully saturated rings. The maximum absolute atomic E-state index is 5.53. The van der Waals surface area contributed by atoms with E-state index >= 15 is 0 Å². The molecule has 0 saturated carbocycles. The van der Waals surface area contributed by atoms with Gasteiger partial charge < -0.3 is 5.73 Å². The molecule has 0 atom stereocenters. The second-order valence-corrected chi connectivity index (χ2v) is 4.71. The summed E-state index contributed by atoms with van der Waals surface area (Å²) in [5.41, 5.74) is 7.92. The van der Waals surface area contributed by atoms with Gasteiger partial charge >= 0.3 is 0 Å². The lowest BCUT2D eigenvalue weighted by molar-refractivity contribution is 0.280. The number of aryl methyl sites for hydroxylation is 2. The van der Waals surface area contributed by atoms with Crippen molar-refractivity contribution >= 4 is 17.2 Å². The first kappa shape index (κ1) is 14.1. The van der Waals surface area contributed by atoms with Gasteiger partial charge in [-0.15, -0.1) is 0 Å². The minimum absolute atomic E-state index is 0.586. The molecule has 0 saturated heterocycles. The van der Waals surface area contributed by atoms with Gasteiger partial charge in [-0.05, 0) is 19.0 Å². The Hall–Kier alpha value is -0.940. The number of rotatable bonds is 7. The van der Waals surface area contributed by atoms with E-state index in [1.54, 1.807) is 0 Å². The molecule has 0 radical (unpaired) electrons. The highest BCUT2D eigenvalue weighted by atomic mass is 32.1. The number of thiocarbonyl (C=S) groups is 1. The summed E-state index contributed by atoms with van der Waals surface area (Å²) in [6.07, 6.45) is 1.76. The topological polar surface area (TPSA) is 47.1 Å². The average molecular weight is 254 g/mol. The van der Waals surface area contributed by atoms with E-state index in [4.69, 9.17) is 18.0 Å². The van der Waals surface area contributed by atoms with E-state index in [2.05, 4.69) is 29.9 Å². The monoisotopic (exact) mass is 254 g/mol. The first-order chi connectivity index (χ1) is 8.06. The van der Waals surface area contributed by atoms with E-state index in [1.165, 1.54) is 5.69 Å². The highest BCUT2D eigenvalue weighted by Gasteiger charge is 2.09. The highest BCUT2D eigenvalue weighted by molar-refractivity contribution is 7.80. The molecule has 5 heteroatoms. The second-order valence-electron chi connectivity index (χ2n) is 4.19. The molecule has 0 aliphatic carbocycles. The molecule has 0 spiro atoms. The maximum atomic E-state index is 5.53. The van der Waals surface area contributed by atoms with E-state index in [9.17, 15) is 0 Å². The molecular weight excluding hydrogens is 232 g/mol. The van der Waals surface area contributed by atoms with Crippen molar-refractivity contribution in [3.63, 3.8) is 0 Å². The molecule has 0 amide bonds. The van der Waals surface area contributed by atoms with Gasteiger partial charge in [-0.3, -0.25) is 9.58 Å². The lowest BCUT2D eigenvalue weighted by Gasteiger charge is -2.19. The van der Waals surface area contributed by atoms with Gasteiger partial charge in [-0.2, -0.15) is 5.10 Å². The predicted molar refractivity (Wildman–Crippen MR) is 74.9 cm³/mol. The van der Waals surface area contributed by atoms with E-state index < -0.39 is 0 Å². The van der Waals surface area contributed by atoms with Crippen molar-refractivity contribution in [2.45, 2.75) is 33.2 Å². The molecule has 2 N–H and O–H groups in total. The third-order valence-corrected chi connectivity index (χ3v) is 3.10. The standard InChI is InChI=1S/C12H22N4S/c1-4-10-8-11(15(3)14-10)9-16(5-2)7-6-12(13)17/h8H,4-7,9H2,1-3H3,(H2,13,17). The Labute approximate surface area is 109 Å². The Bertz CT molecular complexity index is 373. The van der Waals surface area contributed by atoms with Crippen molar-refractivity contribution in [2.75, 3.05) is 13.1 Å². The Morgan fingerprint density at radius 3 is 2.71 bits per heavy atom. The van der Waals surface area contributed by atoms with Crippen LogP contribution in [0.3, 0.4) is 0 Å². The Kier molecular flexibility index (Phi) is 5.58. The molecule has 4 nitrogen and oxygen atoms in total. The average Bonchev–Trinajstić information content (AvgIpc) is 2.65. The van der Waals surface area contributed by atoms with Gasteiger partial charge in [-0.25, -0.2) is 0 Å². The zero-order valence-electron chi connectivity index (χ0n) is 10.9. The van der Waals surface area contributed by atoms with E-state index in [-0.39, 0.29) is 0 Å². The van der Waals surface area contributed by atoms with Crippen LogP contribution in [-0.4, -0.2) is 32.8 Å². The van der Waals surface area contributed by atoms with E-state index in [0.717, 1.165) is 38.2 Å². The van der Waals surface area contributed by atoms with Crippen LogP contribution in [0.2, 0.25) is 0 Å². The van der Waals surface area contributed by atoms with Crippen molar-refractivity contribution in [3.8, 4) is 0 Å². The van der Waals surface area contributed by atoms with Gasteiger partial charge in [0.15, 0.2) is 0 Å². The fourth-order valence-electron chi connectivity index (χ4n) is 1.74. The van der Waals surface area contributed by atoms with Crippen LogP contribution in [0.25, 0.3) is 0 Å². The van der Waals surface area contributed by atoms with Gasteiger partial charge in [-0.1, -0.05) is 26.1 Å². The minimum atomic E-state index is 0.586. The maximum Gasteiger partial charge on any atom is 0.0740 e. The van der Waals surface area contributed by atoms with Crippen molar-refractivity contribution in [1.29, 1.82) is 0 Å². The smallest absolute Gasteiger partial charge is 0.0740 e. The van der Waals surface area contributed by atoms with Gasteiger partial charge in [0.25, 0.3) is 0 Å². The quantitative estimate of drug-likeness (QED) is 0.749. The summed E-state index contributed by atoms with van der Waals surface area (Å²) >= 11 is 4.91. The molecule has 17 heavy (non-hydrogen) atoms. The number of nitrogens with zero attached hydrogens (tertiary/aromatic N) is 3. The van der Waals surface area contributed by atoms with E-state index in [0.29, 0.717) is 4.99 Å². The third kappa shape index (κ3) is 4.44. The summed E-state index contributed by atoms with van der Waals surface area (Å²) in [4.78, 5) is 2.91. The molecule has 1 aromatic rings. The van der Waals surface area contributed by atoms with Crippen LogP contribution in [0.1, 0.15) is 31.7 Å². The Morgan fingerprint density at radius 2 is 2.24 bits per heavy atom. The molecular formula is C12H22N4S. The molecule has 96 valence electrons. The number of hydrogen-bond acceptors (Lipinski definition) is 3. The molecule has 0 aliphatic heterocycles. The summed E-state index contributed by atoms with van der Waals surface area (Å²) < 4.78 is 1.96. The highest BCUT2D eigenvalue weighted by Crippen LogP contribution is 2.08. The molecule has 0 aliphatic rings. The van der Waals surface area contributed by atoms with E-state index in [1.807, 2.05) is 11.7 Å². The predicted octanol–water partition coefficient (Wildman–Crippen LogP) is 1.48.